The van der Waals surface area contributed by atoms with Gasteiger partial charge < -0.3 is 18.9 Å². The zero-order valence-corrected chi connectivity index (χ0v) is 20.0. The van der Waals surface area contributed by atoms with Crippen molar-refractivity contribution >= 4 is 23.9 Å². The van der Waals surface area contributed by atoms with Crippen LogP contribution in [0.15, 0.2) is 24.5 Å². The van der Waals surface area contributed by atoms with Crippen LogP contribution in [0.25, 0.3) is 0 Å². The van der Waals surface area contributed by atoms with E-state index < -0.39 is 54.5 Å². The lowest BCUT2D eigenvalue weighted by molar-refractivity contribution is -0.776. The Morgan fingerprint density at radius 2 is 1.62 bits per heavy atom. The van der Waals surface area contributed by atoms with Crippen LogP contribution in [0.5, 0.6) is 0 Å². The second-order valence-corrected chi connectivity index (χ2v) is 8.42. The molecule has 1 aromatic heterocycles. The summed E-state index contributed by atoms with van der Waals surface area (Å²) < 4.78 is 28.8. The van der Waals surface area contributed by atoms with E-state index in [0.29, 0.717) is 0 Å². The summed E-state index contributed by atoms with van der Waals surface area (Å²) in [6.45, 7) is 4.47. The van der Waals surface area contributed by atoms with E-state index >= 15 is 0 Å². The number of carbonyl (C=O) groups is 4. The summed E-state index contributed by atoms with van der Waals surface area (Å²) in [6.07, 6.45) is -0.838. The second-order valence-electron chi connectivity index (χ2n) is 8.42. The molecule has 2 fully saturated rings. The number of hydrogen-bond donors (Lipinski definition) is 0. The molecule has 2 saturated heterocycles. The van der Waals surface area contributed by atoms with Gasteiger partial charge in [-0.05, 0) is 32.5 Å². The molecule has 11 heteroatoms. The van der Waals surface area contributed by atoms with Gasteiger partial charge in [-0.3, -0.25) is 24.0 Å². The Balaban J connectivity index is 2.08. The minimum absolute atomic E-state index is 0.192. The van der Waals surface area contributed by atoms with Crippen molar-refractivity contribution in [1.82, 2.24) is 4.90 Å². The van der Waals surface area contributed by atoms with Crippen LogP contribution >= 0.6 is 0 Å². The van der Waals surface area contributed by atoms with E-state index in [1.165, 1.54) is 6.92 Å². The lowest BCUT2D eigenvalue weighted by atomic mass is 9.96. The van der Waals surface area contributed by atoms with Gasteiger partial charge in [0.2, 0.25) is 12.2 Å². The van der Waals surface area contributed by atoms with Crippen molar-refractivity contribution in [3.63, 3.8) is 0 Å². The van der Waals surface area contributed by atoms with Gasteiger partial charge in [0.1, 0.15) is 0 Å². The van der Waals surface area contributed by atoms with Crippen LogP contribution in [0.2, 0.25) is 0 Å². The number of ether oxygens (including phenoxy) is 5. The Hall–Kier alpha value is -3.05. The van der Waals surface area contributed by atoms with E-state index in [0.717, 1.165) is 45.9 Å². The summed E-state index contributed by atoms with van der Waals surface area (Å²) in [7, 11) is 3.20. The highest BCUT2D eigenvalue weighted by Gasteiger charge is 2.58. The van der Waals surface area contributed by atoms with Crippen LogP contribution in [0, 0.1) is 0 Å². The SMILES string of the molecule is COC(=O)[C@H]1O[C@@H]([n+]2cccc([C@@H]3CCCN3C)c2)[C@H](OC(C)=O)[C@@H](OC(C)=O)[C@@H]1OC(C)=O. The van der Waals surface area contributed by atoms with Crippen LogP contribution in [0.3, 0.4) is 0 Å². The molecule has 186 valence electrons. The Morgan fingerprint density at radius 1 is 1.00 bits per heavy atom. The predicted molar refractivity (Wildman–Crippen MR) is 114 cm³/mol. The fraction of sp³-hybridized carbons (Fsp3) is 0.609. The molecule has 6 atom stereocenters. The zero-order chi connectivity index (χ0) is 25.0. The predicted octanol–water partition coefficient (Wildman–Crippen LogP) is 0.606. The molecular weight excluding hydrogens is 448 g/mol. The summed E-state index contributed by atoms with van der Waals surface area (Å²) in [6, 6.07) is 4.00. The Labute approximate surface area is 197 Å². The molecule has 0 saturated carbocycles. The van der Waals surface area contributed by atoms with Gasteiger partial charge in [0.15, 0.2) is 24.6 Å². The Morgan fingerprint density at radius 3 is 2.18 bits per heavy atom. The minimum atomic E-state index is -1.43. The number of methoxy groups -OCH3 is 1. The number of likely N-dealkylation sites (tertiary alicyclic amines) is 1. The van der Waals surface area contributed by atoms with Gasteiger partial charge in [0.05, 0.1) is 7.11 Å². The fourth-order valence-electron chi connectivity index (χ4n) is 4.53. The number of carbonyl (C=O) groups excluding carboxylic acids is 4. The van der Waals surface area contributed by atoms with E-state index in [1.807, 2.05) is 25.4 Å². The summed E-state index contributed by atoms with van der Waals surface area (Å²) in [5, 5.41) is 0. The summed E-state index contributed by atoms with van der Waals surface area (Å²) in [4.78, 5) is 50.6. The van der Waals surface area contributed by atoms with Crippen molar-refractivity contribution in [2.45, 2.75) is 70.3 Å². The van der Waals surface area contributed by atoms with Gasteiger partial charge in [-0.1, -0.05) is 0 Å². The Bertz CT molecular complexity index is 937. The molecule has 0 unspecified atom stereocenters. The van der Waals surface area contributed by atoms with E-state index in [4.69, 9.17) is 23.7 Å². The molecule has 0 aliphatic carbocycles. The minimum Gasteiger partial charge on any atom is -0.467 e. The lowest BCUT2D eigenvalue weighted by Gasteiger charge is -2.40. The van der Waals surface area contributed by atoms with Gasteiger partial charge in [-0.2, -0.15) is 4.57 Å². The van der Waals surface area contributed by atoms with Gasteiger partial charge in [0, 0.05) is 38.4 Å². The smallest absolute Gasteiger partial charge is 0.339 e. The maximum atomic E-state index is 12.6. The van der Waals surface area contributed by atoms with Crippen LogP contribution in [-0.2, 0) is 42.9 Å². The summed E-state index contributed by atoms with van der Waals surface area (Å²) in [5.74, 6) is -2.95. The molecule has 2 aliphatic rings. The number of rotatable bonds is 6. The highest BCUT2D eigenvalue weighted by Crippen LogP contribution is 2.34. The first-order chi connectivity index (χ1) is 16.1. The first kappa shape index (κ1) is 25.6. The average molecular weight is 480 g/mol. The van der Waals surface area contributed by atoms with Gasteiger partial charge in [0.25, 0.3) is 0 Å². The highest BCUT2D eigenvalue weighted by molar-refractivity contribution is 5.77. The first-order valence-corrected chi connectivity index (χ1v) is 11.1. The first-order valence-electron chi connectivity index (χ1n) is 11.1. The van der Waals surface area contributed by atoms with Gasteiger partial charge in [-0.25, -0.2) is 4.79 Å². The van der Waals surface area contributed by atoms with Crippen LogP contribution in [-0.4, -0.2) is 73.9 Å². The number of esters is 4. The lowest BCUT2D eigenvalue weighted by Crippen LogP contribution is -2.66. The molecule has 11 nitrogen and oxygen atoms in total. The quantitative estimate of drug-likeness (QED) is 0.326. The normalized spacial score (nSPS) is 29.2. The summed E-state index contributed by atoms with van der Waals surface area (Å²) >= 11 is 0. The molecule has 1 aromatic rings. The molecule has 0 spiro atoms. The standard InChI is InChI=1S/C23H31N2O9/c1-13(26)31-18-19(32-14(2)27)21(23(29)30-5)34-22(20(18)33-15(3)28)25-11-6-8-16(12-25)17-9-7-10-24(17)4/h6,8,11-12,17-22H,7,9-10H2,1-5H3/q+1/t17-,18-,19-,20+,21-,22+/m0/s1. The maximum Gasteiger partial charge on any atom is 0.339 e. The molecule has 0 N–H and O–H groups in total. The number of hydrogen-bond acceptors (Lipinski definition) is 10. The van der Waals surface area contributed by atoms with Crippen LogP contribution in [0.4, 0.5) is 0 Å². The number of nitrogens with zero attached hydrogens (tertiary/aromatic N) is 2. The average Bonchev–Trinajstić information content (AvgIpc) is 3.20. The molecule has 3 heterocycles. The van der Waals surface area contributed by atoms with Crippen LogP contribution in [0.1, 0.15) is 51.4 Å². The third-order valence-electron chi connectivity index (χ3n) is 5.90. The third-order valence-corrected chi connectivity index (χ3v) is 5.90. The molecule has 0 amide bonds. The highest BCUT2D eigenvalue weighted by atomic mass is 16.7. The molecule has 0 radical (unpaired) electrons. The van der Waals surface area contributed by atoms with Crippen LogP contribution < -0.4 is 4.57 Å². The number of pyridine rings is 1. The molecule has 0 aromatic carbocycles. The topological polar surface area (TPSA) is 122 Å². The molecule has 2 aliphatic heterocycles. The zero-order valence-electron chi connectivity index (χ0n) is 20.0. The Kier molecular flexibility index (Phi) is 8.21. The van der Waals surface area contributed by atoms with E-state index in [2.05, 4.69) is 4.90 Å². The van der Waals surface area contributed by atoms with E-state index in [1.54, 1.807) is 10.8 Å². The molecule has 0 bridgehead atoms. The second kappa shape index (κ2) is 10.9. The summed E-state index contributed by atoms with van der Waals surface area (Å²) in [5.41, 5.74) is 1.01. The molecule has 34 heavy (non-hydrogen) atoms. The monoisotopic (exact) mass is 479 g/mol. The molecular formula is C23H31N2O9+. The van der Waals surface area contributed by atoms with Crippen molar-refractivity contribution in [1.29, 1.82) is 0 Å². The largest absolute Gasteiger partial charge is 0.467 e. The van der Waals surface area contributed by atoms with Crippen molar-refractivity contribution < 1.29 is 47.4 Å². The number of aromatic nitrogens is 1. The van der Waals surface area contributed by atoms with Crippen molar-refractivity contribution in [3.05, 3.63) is 30.1 Å². The third kappa shape index (κ3) is 5.71. The van der Waals surface area contributed by atoms with E-state index in [9.17, 15) is 19.2 Å². The van der Waals surface area contributed by atoms with Gasteiger partial charge >= 0.3 is 30.1 Å². The van der Waals surface area contributed by atoms with Crippen molar-refractivity contribution in [2.75, 3.05) is 20.7 Å². The van der Waals surface area contributed by atoms with Crippen molar-refractivity contribution in [3.8, 4) is 0 Å². The molecule has 3 rings (SSSR count). The maximum absolute atomic E-state index is 12.6. The van der Waals surface area contributed by atoms with Gasteiger partial charge in [-0.15, -0.1) is 0 Å². The fourth-order valence-corrected chi connectivity index (χ4v) is 4.53. The van der Waals surface area contributed by atoms with E-state index in [-0.39, 0.29) is 6.04 Å². The van der Waals surface area contributed by atoms with Crippen molar-refractivity contribution in [2.24, 2.45) is 0 Å².